The van der Waals surface area contributed by atoms with E-state index < -0.39 is 10.0 Å². The molecule has 158 valence electrons. The maximum atomic E-state index is 13.1. The Kier molecular flexibility index (Phi) is 5.24. The Labute approximate surface area is 172 Å². The van der Waals surface area contributed by atoms with Gasteiger partial charge in [0.25, 0.3) is 0 Å². The van der Waals surface area contributed by atoms with E-state index in [0.717, 1.165) is 37.3 Å². The summed E-state index contributed by atoms with van der Waals surface area (Å²) in [7, 11) is 0.410. The number of hydrogen-bond donors (Lipinski definition) is 1. The fourth-order valence-electron chi connectivity index (χ4n) is 4.16. The van der Waals surface area contributed by atoms with Crippen LogP contribution >= 0.6 is 0 Å². The number of rotatable bonds is 6. The molecule has 2 aromatic heterocycles. The predicted octanol–water partition coefficient (Wildman–Crippen LogP) is 1.70. The van der Waals surface area contributed by atoms with Crippen LogP contribution in [-0.2, 0) is 10.0 Å². The molecule has 2 aromatic rings. The highest BCUT2D eigenvalue weighted by Crippen LogP contribution is 2.36. The molecule has 2 aliphatic rings. The smallest absolute Gasteiger partial charge is 0.246 e. The molecular weight excluding hydrogens is 390 g/mol. The van der Waals surface area contributed by atoms with Gasteiger partial charge >= 0.3 is 0 Å². The zero-order valence-electron chi connectivity index (χ0n) is 17.5. The number of aromatic nitrogens is 4. The number of nitrogens with one attached hydrogen (secondary N) is 1. The van der Waals surface area contributed by atoms with Gasteiger partial charge in [0.15, 0.2) is 0 Å². The number of sulfonamides is 1. The summed E-state index contributed by atoms with van der Waals surface area (Å²) in [6.45, 7) is 4.50. The summed E-state index contributed by atoms with van der Waals surface area (Å²) < 4.78 is 27.9. The Morgan fingerprint density at radius 3 is 2.21 bits per heavy atom. The molecule has 3 heterocycles. The summed E-state index contributed by atoms with van der Waals surface area (Å²) in [6.07, 6.45) is 5.50. The first-order valence-corrected chi connectivity index (χ1v) is 11.5. The van der Waals surface area contributed by atoms with Crippen LogP contribution in [0.3, 0.4) is 0 Å². The maximum absolute atomic E-state index is 13.1. The van der Waals surface area contributed by atoms with Crippen molar-refractivity contribution in [3.8, 4) is 0 Å². The Bertz CT molecular complexity index is 957. The molecule has 29 heavy (non-hydrogen) atoms. The Morgan fingerprint density at radius 1 is 1.03 bits per heavy atom. The second-order valence-corrected chi connectivity index (χ2v) is 10.0. The largest absolute Gasteiger partial charge is 0.363 e. The molecule has 1 aliphatic heterocycles. The summed E-state index contributed by atoms with van der Waals surface area (Å²) in [4.78, 5) is 13.6. The molecule has 9 nitrogen and oxygen atoms in total. The van der Waals surface area contributed by atoms with Crippen molar-refractivity contribution in [1.82, 2.24) is 24.5 Å². The molecule has 1 aliphatic carbocycles. The monoisotopic (exact) mass is 419 g/mol. The lowest BCUT2D eigenvalue weighted by Crippen LogP contribution is -2.48. The summed E-state index contributed by atoms with van der Waals surface area (Å²) in [5.74, 6) is 1.82. The van der Waals surface area contributed by atoms with E-state index in [4.69, 9.17) is 0 Å². The van der Waals surface area contributed by atoms with Gasteiger partial charge in [-0.2, -0.15) is 9.40 Å². The number of aryl methyl sites for hydroxylation is 2. The lowest BCUT2D eigenvalue weighted by atomic mass is 10.0. The predicted molar refractivity (Wildman–Crippen MR) is 112 cm³/mol. The highest BCUT2D eigenvalue weighted by atomic mass is 32.2. The number of anilines is 2. The van der Waals surface area contributed by atoms with Gasteiger partial charge in [0.05, 0.1) is 11.4 Å². The van der Waals surface area contributed by atoms with Crippen LogP contribution in [0.15, 0.2) is 17.3 Å². The first-order chi connectivity index (χ1) is 13.8. The van der Waals surface area contributed by atoms with Gasteiger partial charge in [0.2, 0.25) is 10.0 Å². The van der Waals surface area contributed by atoms with Crippen molar-refractivity contribution in [2.75, 3.05) is 37.0 Å². The van der Waals surface area contributed by atoms with Crippen LogP contribution in [0.25, 0.3) is 0 Å². The minimum absolute atomic E-state index is 0.283. The van der Waals surface area contributed by atoms with Gasteiger partial charge in [-0.25, -0.2) is 18.4 Å². The SMILES string of the molecule is Cc1n[nH]c(C)c1S(=O)(=O)N1CCC(N(c2cc(N(C)C)ncn2)C2CC2)CC1. The van der Waals surface area contributed by atoms with Gasteiger partial charge in [-0.05, 0) is 39.5 Å². The van der Waals surface area contributed by atoms with Crippen LogP contribution in [0.2, 0.25) is 0 Å². The molecule has 1 saturated heterocycles. The van der Waals surface area contributed by atoms with E-state index in [9.17, 15) is 8.42 Å². The molecule has 0 spiro atoms. The van der Waals surface area contributed by atoms with E-state index in [2.05, 4.69) is 25.1 Å². The Balaban J connectivity index is 1.52. The first-order valence-electron chi connectivity index (χ1n) is 10.1. The fourth-order valence-corrected chi connectivity index (χ4v) is 5.96. The van der Waals surface area contributed by atoms with Crippen molar-refractivity contribution >= 4 is 21.7 Å². The quantitative estimate of drug-likeness (QED) is 0.761. The van der Waals surface area contributed by atoms with E-state index in [0.29, 0.717) is 35.4 Å². The zero-order chi connectivity index (χ0) is 20.8. The average Bonchev–Trinajstić information content (AvgIpc) is 3.46. The first kappa shape index (κ1) is 20.1. The fraction of sp³-hybridized carbons (Fsp3) is 0.632. The van der Waals surface area contributed by atoms with Gasteiger partial charge in [-0.3, -0.25) is 5.10 Å². The molecule has 1 N–H and O–H groups in total. The van der Waals surface area contributed by atoms with Crippen LogP contribution in [0, 0.1) is 13.8 Å². The van der Waals surface area contributed by atoms with Crippen LogP contribution in [-0.4, -0.2) is 72.2 Å². The van der Waals surface area contributed by atoms with Gasteiger partial charge in [-0.15, -0.1) is 0 Å². The second-order valence-electron chi connectivity index (χ2n) is 8.17. The van der Waals surface area contributed by atoms with Crippen molar-refractivity contribution < 1.29 is 8.42 Å². The summed E-state index contributed by atoms with van der Waals surface area (Å²) in [6, 6.07) is 2.80. The third-order valence-electron chi connectivity index (χ3n) is 5.78. The van der Waals surface area contributed by atoms with Gasteiger partial charge < -0.3 is 9.80 Å². The minimum atomic E-state index is -3.53. The molecule has 0 aromatic carbocycles. The van der Waals surface area contributed by atoms with Crippen molar-refractivity contribution in [3.63, 3.8) is 0 Å². The van der Waals surface area contributed by atoms with Crippen molar-refractivity contribution in [3.05, 3.63) is 23.8 Å². The van der Waals surface area contributed by atoms with Crippen LogP contribution in [0.5, 0.6) is 0 Å². The number of aromatic amines is 1. The molecule has 0 atom stereocenters. The Morgan fingerprint density at radius 2 is 1.66 bits per heavy atom. The molecular formula is C19H29N7O2S. The van der Waals surface area contributed by atoms with E-state index >= 15 is 0 Å². The summed E-state index contributed by atoms with van der Waals surface area (Å²) in [5, 5.41) is 6.84. The van der Waals surface area contributed by atoms with Crippen LogP contribution in [0.4, 0.5) is 11.6 Å². The molecule has 10 heteroatoms. The zero-order valence-corrected chi connectivity index (χ0v) is 18.3. The van der Waals surface area contributed by atoms with Gasteiger partial charge in [0.1, 0.15) is 22.9 Å². The number of hydrogen-bond acceptors (Lipinski definition) is 7. The highest BCUT2D eigenvalue weighted by Gasteiger charge is 2.39. The molecule has 2 fully saturated rings. The summed E-state index contributed by atoms with van der Waals surface area (Å²) >= 11 is 0. The topological polar surface area (TPSA) is 98.3 Å². The third-order valence-corrected chi connectivity index (χ3v) is 7.94. The van der Waals surface area contributed by atoms with Crippen LogP contribution < -0.4 is 9.80 Å². The minimum Gasteiger partial charge on any atom is -0.363 e. The van der Waals surface area contributed by atoms with Gasteiger partial charge in [0, 0.05) is 45.3 Å². The van der Waals surface area contributed by atoms with Gasteiger partial charge in [-0.1, -0.05) is 0 Å². The van der Waals surface area contributed by atoms with Crippen molar-refractivity contribution in [2.45, 2.75) is 56.5 Å². The normalized spacial score (nSPS) is 18.8. The Hall–Kier alpha value is -2.20. The van der Waals surface area contributed by atoms with Crippen molar-refractivity contribution in [2.24, 2.45) is 0 Å². The molecule has 0 unspecified atom stereocenters. The maximum Gasteiger partial charge on any atom is 0.246 e. The molecule has 0 radical (unpaired) electrons. The van der Waals surface area contributed by atoms with E-state index in [-0.39, 0.29) is 6.04 Å². The average molecular weight is 420 g/mol. The highest BCUT2D eigenvalue weighted by molar-refractivity contribution is 7.89. The lowest BCUT2D eigenvalue weighted by Gasteiger charge is -2.39. The standard InChI is InChI=1S/C19H29N7O2S/c1-13-19(14(2)23-22-13)29(27,28)25-9-7-16(8-10-25)26(15-5-6-15)18-11-17(24(3)4)20-12-21-18/h11-12,15-16H,5-10H2,1-4H3,(H,22,23). The molecule has 0 bridgehead atoms. The van der Waals surface area contributed by atoms with E-state index in [1.54, 1.807) is 24.5 Å². The number of H-pyrrole nitrogens is 1. The van der Waals surface area contributed by atoms with Crippen LogP contribution in [0.1, 0.15) is 37.1 Å². The number of piperidine rings is 1. The summed E-state index contributed by atoms with van der Waals surface area (Å²) in [5.41, 5.74) is 1.13. The second kappa shape index (κ2) is 7.56. The van der Waals surface area contributed by atoms with Crippen molar-refractivity contribution in [1.29, 1.82) is 0 Å². The lowest BCUT2D eigenvalue weighted by molar-refractivity contribution is 0.308. The third kappa shape index (κ3) is 3.83. The molecule has 0 amide bonds. The van der Waals surface area contributed by atoms with E-state index in [1.165, 1.54) is 0 Å². The van der Waals surface area contributed by atoms with E-state index in [1.807, 2.05) is 25.1 Å². The molecule has 4 rings (SSSR count). The molecule has 1 saturated carbocycles. The number of nitrogens with zero attached hydrogens (tertiary/aromatic N) is 6.